The zero-order chi connectivity index (χ0) is 42.3. The van der Waals surface area contributed by atoms with Crippen LogP contribution in [0.3, 0.4) is 0 Å². The van der Waals surface area contributed by atoms with Crippen LogP contribution in [0.5, 0.6) is 0 Å². The molecule has 0 aliphatic heterocycles. The second-order valence-corrected chi connectivity index (χ2v) is 17.5. The Balaban J connectivity index is 3.50. The van der Waals surface area contributed by atoms with Crippen LogP contribution in [0.2, 0.25) is 0 Å². The van der Waals surface area contributed by atoms with E-state index in [1.807, 2.05) is 0 Å². The third-order valence-corrected chi connectivity index (χ3v) is 11.7. The molecule has 2 unspecified atom stereocenters. The summed E-state index contributed by atoms with van der Waals surface area (Å²) in [5, 5.41) is 23.2. The third-order valence-electron chi connectivity index (χ3n) is 11.7. The van der Waals surface area contributed by atoms with E-state index in [0.29, 0.717) is 25.9 Å². The fourth-order valence-electron chi connectivity index (χ4n) is 7.79. The van der Waals surface area contributed by atoms with Gasteiger partial charge in [0.05, 0.1) is 25.4 Å². The molecule has 0 aliphatic carbocycles. The number of unbranched alkanes of at least 4 members (excludes halogenated alkanes) is 32. The fourth-order valence-corrected chi connectivity index (χ4v) is 7.79. The molecule has 0 bridgehead atoms. The number of rotatable bonds is 47. The quantitative estimate of drug-likeness (QED) is 0.0323. The van der Waals surface area contributed by atoms with E-state index in [4.69, 9.17) is 4.74 Å². The molecule has 0 rings (SSSR count). The SMILES string of the molecule is CCC/C=C\C/C=C\CCCCCCCC(=O)OCCCCCCCCCCCC(=O)NC(CO)C(O)CCCCCCCCCCCCCCCCCCCCC. The number of nitrogens with one attached hydrogen (secondary N) is 1. The van der Waals surface area contributed by atoms with Crippen molar-refractivity contribution in [3.05, 3.63) is 24.3 Å². The minimum absolute atomic E-state index is 0.0400. The standard InChI is InChI=1S/C52H99NO5/c1-3-5-7-9-11-13-15-17-18-19-20-21-22-24-25-28-32-36-40-44-50(55)49(48-54)53-51(56)45-41-37-33-29-27-31-35-39-43-47-58-52(57)46-42-38-34-30-26-23-16-14-12-10-8-6-4-2/h8,10,14,16,49-50,54-55H,3-7,9,11-13,15,17-48H2,1-2H3,(H,53,56)/b10-8-,16-14-. The van der Waals surface area contributed by atoms with Gasteiger partial charge in [0.15, 0.2) is 0 Å². The molecule has 0 aromatic carbocycles. The van der Waals surface area contributed by atoms with Crippen molar-refractivity contribution in [1.82, 2.24) is 5.32 Å². The highest BCUT2D eigenvalue weighted by Crippen LogP contribution is 2.17. The normalized spacial score (nSPS) is 12.8. The molecule has 6 nitrogen and oxygen atoms in total. The van der Waals surface area contributed by atoms with Crippen LogP contribution in [0.4, 0.5) is 0 Å². The van der Waals surface area contributed by atoms with Crippen LogP contribution in [-0.4, -0.2) is 47.4 Å². The van der Waals surface area contributed by atoms with E-state index in [2.05, 4.69) is 43.5 Å². The molecule has 58 heavy (non-hydrogen) atoms. The van der Waals surface area contributed by atoms with Gasteiger partial charge in [0.1, 0.15) is 0 Å². The van der Waals surface area contributed by atoms with Gasteiger partial charge in [0.2, 0.25) is 5.91 Å². The number of carbonyl (C=O) groups excluding carboxylic acids is 2. The summed E-state index contributed by atoms with van der Waals surface area (Å²) in [6.45, 7) is 4.82. The van der Waals surface area contributed by atoms with Gasteiger partial charge >= 0.3 is 5.97 Å². The zero-order valence-electron chi connectivity index (χ0n) is 38.8. The van der Waals surface area contributed by atoms with E-state index in [1.54, 1.807) is 0 Å². The Morgan fingerprint density at radius 3 is 1.38 bits per heavy atom. The van der Waals surface area contributed by atoms with Crippen LogP contribution >= 0.6 is 0 Å². The number of esters is 1. The second kappa shape index (κ2) is 48.0. The van der Waals surface area contributed by atoms with E-state index in [-0.39, 0.29) is 18.5 Å². The summed E-state index contributed by atoms with van der Waals surface area (Å²) < 4.78 is 5.43. The Morgan fingerprint density at radius 2 is 0.897 bits per heavy atom. The highest BCUT2D eigenvalue weighted by molar-refractivity contribution is 5.76. The molecular weight excluding hydrogens is 719 g/mol. The summed E-state index contributed by atoms with van der Waals surface area (Å²) in [5.41, 5.74) is 0. The first-order chi connectivity index (χ1) is 28.5. The summed E-state index contributed by atoms with van der Waals surface area (Å²) in [4.78, 5) is 24.5. The fraction of sp³-hybridized carbons (Fsp3) is 0.885. The summed E-state index contributed by atoms with van der Waals surface area (Å²) >= 11 is 0. The number of hydrogen-bond acceptors (Lipinski definition) is 5. The van der Waals surface area contributed by atoms with Crippen molar-refractivity contribution in [3.8, 4) is 0 Å². The largest absolute Gasteiger partial charge is 0.466 e. The van der Waals surface area contributed by atoms with Crippen LogP contribution in [0, 0.1) is 0 Å². The first-order valence-electron chi connectivity index (χ1n) is 25.6. The topological polar surface area (TPSA) is 95.9 Å². The van der Waals surface area contributed by atoms with E-state index in [1.165, 1.54) is 167 Å². The minimum atomic E-state index is -0.683. The van der Waals surface area contributed by atoms with Crippen LogP contribution in [0.1, 0.15) is 271 Å². The van der Waals surface area contributed by atoms with Gasteiger partial charge in [-0.05, 0) is 51.4 Å². The Morgan fingerprint density at radius 1 is 0.483 bits per heavy atom. The molecular formula is C52H99NO5. The molecule has 0 radical (unpaired) electrons. The minimum Gasteiger partial charge on any atom is -0.466 e. The van der Waals surface area contributed by atoms with Crippen LogP contribution in [-0.2, 0) is 14.3 Å². The maximum absolute atomic E-state index is 12.5. The molecule has 6 heteroatoms. The van der Waals surface area contributed by atoms with Gasteiger partial charge in [-0.3, -0.25) is 9.59 Å². The molecule has 0 spiro atoms. The number of aliphatic hydroxyl groups is 2. The number of allylic oxidation sites excluding steroid dienone is 4. The predicted molar refractivity (Wildman–Crippen MR) is 250 cm³/mol. The molecule has 3 N–H and O–H groups in total. The monoisotopic (exact) mass is 818 g/mol. The second-order valence-electron chi connectivity index (χ2n) is 17.5. The summed E-state index contributed by atoms with van der Waals surface area (Å²) in [7, 11) is 0. The van der Waals surface area contributed by atoms with Gasteiger partial charge in [-0.25, -0.2) is 0 Å². The summed E-state index contributed by atoms with van der Waals surface area (Å²) in [6.07, 6.45) is 55.7. The van der Waals surface area contributed by atoms with Crippen LogP contribution in [0.15, 0.2) is 24.3 Å². The first-order valence-corrected chi connectivity index (χ1v) is 25.6. The van der Waals surface area contributed by atoms with Gasteiger partial charge in [0.25, 0.3) is 0 Å². The summed E-state index contributed by atoms with van der Waals surface area (Å²) in [6, 6.07) is -0.563. The highest BCUT2D eigenvalue weighted by atomic mass is 16.5. The Labute approximate surface area is 361 Å². The molecule has 0 aliphatic rings. The Hall–Kier alpha value is -1.66. The predicted octanol–water partition coefficient (Wildman–Crippen LogP) is 15.1. The maximum atomic E-state index is 12.5. The lowest BCUT2D eigenvalue weighted by molar-refractivity contribution is -0.143. The van der Waals surface area contributed by atoms with Crippen molar-refractivity contribution in [2.75, 3.05) is 13.2 Å². The van der Waals surface area contributed by atoms with Gasteiger partial charge in [0, 0.05) is 12.8 Å². The molecule has 0 saturated carbocycles. The van der Waals surface area contributed by atoms with Gasteiger partial charge < -0.3 is 20.3 Å². The average molecular weight is 818 g/mol. The first kappa shape index (κ1) is 56.3. The number of carbonyl (C=O) groups is 2. The number of hydrogen-bond donors (Lipinski definition) is 3. The van der Waals surface area contributed by atoms with Gasteiger partial charge in [-0.1, -0.05) is 231 Å². The molecule has 0 heterocycles. The maximum Gasteiger partial charge on any atom is 0.305 e. The summed E-state index contributed by atoms with van der Waals surface area (Å²) in [5.74, 6) is -0.102. The van der Waals surface area contributed by atoms with Crippen LogP contribution in [0.25, 0.3) is 0 Å². The van der Waals surface area contributed by atoms with Crippen molar-refractivity contribution >= 4 is 11.9 Å². The Bertz CT molecular complexity index is 904. The van der Waals surface area contributed by atoms with Crippen LogP contribution < -0.4 is 5.32 Å². The van der Waals surface area contributed by atoms with Crippen molar-refractivity contribution < 1.29 is 24.5 Å². The smallest absolute Gasteiger partial charge is 0.305 e. The molecule has 0 aromatic heterocycles. The number of aliphatic hydroxyl groups excluding tert-OH is 2. The molecule has 0 fully saturated rings. The molecule has 342 valence electrons. The van der Waals surface area contributed by atoms with Gasteiger partial charge in [-0.15, -0.1) is 0 Å². The van der Waals surface area contributed by atoms with E-state index < -0.39 is 12.1 Å². The lowest BCUT2D eigenvalue weighted by Gasteiger charge is -2.22. The highest BCUT2D eigenvalue weighted by Gasteiger charge is 2.20. The van der Waals surface area contributed by atoms with Crippen molar-refractivity contribution in [3.63, 3.8) is 0 Å². The van der Waals surface area contributed by atoms with E-state index >= 15 is 0 Å². The van der Waals surface area contributed by atoms with Gasteiger partial charge in [-0.2, -0.15) is 0 Å². The van der Waals surface area contributed by atoms with Crippen molar-refractivity contribution in [2.24, 2.45) is 0 Å². The van der Waals surface area contributed by atoms with E-state index in [9.17, 15) is 19.8 Å². The lowest BCUT2D eigenvalue weighted by Crippen LogP contribution is -2.45. The van der Waals surface area contributed by atoms with E-state index in [0.717, 1.165) is 70.6 Å². The molecule has 2 atom stereocenters. The Kier molecular flexibility index (Phi) is 46.6. The molecule has 0 aromatic rings. The average Bonchev–Trinajstić information content (AvgIpc) is 3.22. The number of ether oxygens (including phenoxy) is 1. The molecule has 0 saturated heterocycles. The lowest BCUT2D eigenvalue weighted by atomic mass is 10.0. The zero-order valence-corrected chi connectivity index (χ0v) is 38.8. The van der Waals surface area contributed by atoms with Crippen molar-refractivity contribution in [1.29, 1.82) is 0 Å². The van der Waals surface area contributed by atoms with Crippen molar-refractivity contribution in [2.45, 2.75) is 283 Å². The third kappa shape index (κ3) is 43.9. The number of amides is 1. The molecule has 1 amide bonds.